The molecule has 0 aliphatic carbocycles. The van der Waals surface area contributed by atoms with Gasteiger partial charge in [-0.05, 0) is 36.4 Å². The summed E-state index contributed by atoms with van der Waals surface area (Å²) in [5.74, 6) is 1.26. The van der Waals surface area contributed by atoms with Gasteiger partial charge in [0.1, 0.15) is 10.5 Å². The average molecular weight is 430 g/mol. The van der Waals surface area contributed by atoms with E-state index in [1.165, 1.54) is 11.3 Å². The van der Waals surface area contributed by atoms with E-state index < -0.39 is 0 Å². The summed E-state index contributed by atoms with van der Waals surface area (Å²) in [6.45, 7) is 2.85. The third-order valence-electron chi connectivity index (χ3n) is 4.83. The number of benzene rings is 1. The maximum absolute atomic E-state index is 12.6. The quantitative estimate of drug-likeness (QED) is 0.488. The van der Waals surface area contributed by atoms with Gasteiger partial charge in [0.25, 0.3) is 5.56 Å². The Balaban J connectivity index is 1.45. The van der Waals surface area contributed by atoms with Gasteiger partial charge in [0.05, 0.1) is 5.52 Å². The van der Waals surface area contributed by atoms with Crippen LogP contribution in [-0.2, 0) is 24.3 Å². The molecule has 1 amide bonds. The highest BCUT2D eigenvalue weighted by Crippen LogP contribution is 2.20. The van der Waals surface area contributed by atoms with E-state index in [1.807, 2.05) is 41.0 Å². The molecule has 0 aliphatic heterocycles. The Morgan fingerprint density at radius 2 is 2.07 bits per heavy atom. The van der Waals surface area contributed by atoms with Crippen LogP contribution in [0.1, 0.15) is 31.2 Å². The molecular weight excluding hydrogens is 410 g/mol. The molecule has 3 heterocycles. The monoisotopic (exact) mass is 429 g/mol. The molecule has 0 bridgehead atoms. The number of nitrogens with zero attached hydrogens (tertiary/aromatic N) is 4. The number of hydrogen-bond donors (Lipinski definition) is 1. The van der Waals surface area contributed by atoms with E-state index in [4.69, 9.17) is 11.6 Å². The third-order valence-corrected chi connectivity index (χ3v) is 6.09. The number of hydrogen-bond acceptors (Lipinski definition) is 5. The summed E-state index contributed by atoms with van der Waals surface area (Å²) >= 11 is 7.54. The molecule has 29 heavy (non-hydrogen) atoms. The van der Waals surface area contributed by atoms with Crippen molar-refractivity contribution in [2.24, 2.45) is 0 Å². The molecule has 0 saturated carbocycles. The highest BCUT2D eigenvalue weighted by molar-refractivity contribution is 7.17. The molecule has 0 unspecified atom stereocenters. The van der Waals surface area contributed by atoms with Crippen molar-refractivity contribution in [1.29, 1.82) is 0 Å². The summed E-state index contributed by atoms with van der Waals surface area (Å²) < 4.78 is 4.25. The summed E-state index contributed by atoms with van der Waals surface area (Å²) in [6.07, 6.45) is 1.60. The highest BCUT2D eigenvalue weighted by atomic mass is 35.5. The highest BCUT2D eigenvalue weighted by Gasteiger charge is 2.16. The number of carbonyl (C=O) groups excluding carboxylic acids is 1. The summed E-state index contributed by atoms with van der Waals surface area (Å²) in [5, 5.41) is 14.0. The van der Waals surface area contributed by atoms with Crippen molar-refractivity contribution in [3.63, 3.8) is 0 Å². The molecule has 3 aromatic heterocycles. The molecule has 0 atom stereocenters. The van der Waals surface area contributed by atoms with Gasteiger partial charge in [-0.3, -0.25) is 18.6 Å². The maximum atomic E-state index is 12.6. The standard InChI is InChI=1S/C20H20ClN5O2S/c1-2-25-19(28)18-15(10-11-29-18)26-16(23-24-20(25)26)8-5-9-17(27)22-12-13-6-3-4-7-14(13)21/h3-4,6-7,10-11H,2,5,8-9,12H2,1H3,(H,22,27). The van der Waals surface area contributed by atoms with Crippen LogP contribution < -0.4 is 10.9 Å². The van der Waals surface area contributed by atoms with E-state index in [1.54, 1.807) is 10.6 Å². The van der Waals surface area contributed by atoms with E-state index in [9.17, 15) is 9.59 Å². The number of amides is 1. The van der Waals surface area contributed by atoms with E-state index >= 15 is 0 Å². The lowest BCUT2D eigenvalue weighted by molar-refractivity contribution is -0.121. The molecular formula is C20H20ClN5O2S. The van der Waals surface area contributed by atoms with Crippen LogP contribution >= 0.6 is 22.9 Å². The minimum atomic E-state index is -0.0390. The predicted octanol–water partition coefficient (Wildman–Crippen LogP) is 3.42. The van der Waals surface area contributed by atoms with Crippen molar-refractivity contribution < 1.29 is 4.79 Å². The second-order valence-electron chi connectivity index (χ2n) is 6.66. The van der Waals surface area contributed by atoms with Crippen LogP contribution in [0.4, 0.5) is 0 Å². The van der Waals surface area contributed by atoms with Crippen molar-refractivity contribution in [3.05, 3.63) is 62.5 Å². The molecule has 0 fully saturated rings. The Labute approximate surface area is 175 Å². The lowest BCUT2D eigenvalue weighted by atomic mass is 10.2. The number of nitrogens with one attached hydrogen (secondary N) is 1. The summed E-state index contributed by atoms with van der Waals surface area (Å²) in [5.41, 5.74) is 1.68. The van der Waals surface area contributed by atoms with Gasteiger partial charge in [-0.25, -0.2) is 0 Å². The molecule has 0 saturated heterocycles. The van der Waals surface area contributed by atoms with Crippen LogP contribution in [0.5, 0.6) is 0 Å². The van der Waals surface area contributed by atoms with Crippen molar-refractivity contribution in [2.75, 3.05) is 0 Å². The SMILES string of the molecule is CCn1c(=O)c2sccc2n2c(CCCC(=O)NCc3ccccc3Cl)nnc12. The smallest absolute Gasteiger partial charge is 0.272 e. The van der Waals surface area contributed by atoms with E-state index in [2.05, 4.69) is 15.5 Å². The summed E-state index contributed by atoms with van der Waals surface area (Å²) in [6, 6.07) is 9.37. The summed E-state index contributed by atoms with van der Waals surface area (Å²) in [4.78, 5) is 24.8. The molecule has 4 aromatic rings. The Hall–Kier alpha value is -2.71. The van der Waals surface area contributed by atoms with Crippen LogP contribution in [0.3, 0.4) is 0 Å². The number of aryl methyl sites for hydroxylation is 2. The Kier molecular flexibility index (Phi) is 5.64. The van der Waals surface area contributed by atoms with Gasteiger partial charge in [-0.2, -0.15) is 0 Å². The summed E-state index contributed by atoms with van der Waals surface area (Å²) in [7, 11) is 0. The minimum Gasteiger partial charge on any atom is -0.352 e. The maximum Gasteiger partial charge on any atom is 0.272 e. The van der Waals surface area contributed by atoms with Gasteiger partial charge in [0, 0.05) is 31.0 Å². The normalized spacial score (nSPS) is 11.4. The van der Waals surface area contributed by atoms with Crippen LogP contribution in [-0.4, -0.2) is 25.1 Å². The zero-order valence-corrected chi connectivity index (χ0v) is 17.5. The fourth-order valence-corrected chi connectivity index (χ4v) is 4.39. The molecule has 0 aliphatic rings. The minimum absolute atomic E-state index is 0.0371. The van der Waals surface area contributed by atoms with Gasteiger partial charge >= 0.3 is 0 Å². The molecule has 4 rings (SSSR count). The Bertz CT molecular complexity index is 1240. The fourth-order valence-electron chi connectivity index (χ4n) is 3.36. The van der Waals surface area contributed by atoms with Crippen molar-refractivity contribution in [3.8, 4) is 0 Å². The van der Waals surface area contributed by atoms with Gasteiger partial charge in [-0.15, -0.1) is 21.5 Å². The molecule has 0 spiro atoms. The topological polar surface area (TPSA) is 81.3 Å². The van der Waals surface area contributed by atoms with Crippen LogP contribution in [0, 0.1) is 0 Å². The number of carbonyl (C=O) groups is 1. The van der Waals surface area contributed by atoms with Crippen molar-refractivity contribution in [1.82, 2.24) is 24.5 Å². The van der Waals surface area contributed by atoms with Crippen LogP contribution in [0.25, 0.3) is 16.0 Å². The van der Waals surface area contributed by atoms with Crippen molar-refractivity contribution >= 4 is 44.8 Å². The lowest BCUT2D eigenvalue weighted by Crippen LogP contribution is -2.23. The fraction of sp³-hybridized carbons (Fsp3) is 0.300. The number of fused-ring (bicyclic) bond motifs is 3. The molecule has 1 aromatic carbocycles. The Morgan fingerprint density at radius 1 is 1.24 bits per heavy atom. The average Bonchev–Trinajstić information content (AvgIpc) is 3.35. The van der Waals surface area contributed by atoms with Gasteiger partial charge in [-0.1, -0.05) is 29.8 Å². The number of aromatic nitrogens is 4. The van der Waals surface area contributed by atoms with Crippen LogP contribution in [0.2, 0.25) is 5.02 Å². The van der Waals surface area contributed by atoms with Crippen LogP contribution in [0.15, 0.2) is 40.5 Å². The predicted molar refractivity (Wildman–Crippen MR) is 115 cm³/mol. The second kappa shape index (κ2) is 8.34. The van der Waals surface area contributed by atoms with E-state index in [0.717, 1.165) is 16.9 Å². The molecule has 7 nitrogen and oxygen atoms in total. The number of halogens is 1. The second-order valence-corrected chi connectivity index (χ2v) is 7.98. The zero-order chi connectivity index (χ0) is 20.4. The Morgan fingerprint density at radius 3 is 2.86 bits per heavy atom. The first-order valence-corrected chi connectivity index (χ1v) is 10.7. The number of thiophene rings is 1. The van der Waals surface area contributed by atoms with Gasteiger partial charge in [0.15, 0.2) is 0 Å². The first-order valence-electron chi connectivity index (χ1n) is 9.44. The first-order chi connectivity index (χ1) is 14.1. The molecule has 9 heteroatoms. The molecule has 150 valence electrons. The number of rotatable bonds is 7. The molecule has 1 N–H and O–H groups in total. The largest absolute Gasteiger partial charge is 0.352 e. The van der Waals surface area contributed by atoms with E-state index in [0.29, 0.717) is 47.9 Å². The van der Waals surface area contributed by atoms with Gasteiger partial charge < -0.3 is 5.32 Å². The van der Waals surface area contributed by atoms with E-state index in [-0.39, 0.29) is 11.5 Å². The zero-order valence-electron chi connectivity index (χ0n) is 15.9. The van der Waals surface area contributed by atoms with Gasteiger partial charge in [0.2, 0.25) is 11.7 Å². The first kappa shape index (κ1) is 19.6. The lowest BCUT2D eigenvalue weighted by Gasteiger charge is -2.08. The van der Waals surface area contributed by atoms with Crippen molar-refractivity contribution in [2.45, 2.75) is 39.3 Å². The third kappa shape index (κ3) is 3.77. The molecule has 0 radical (unpaired) electrons.